The second kappa shape index (κ2) is 18.0. The average Bonchev–Trinajstić information content (AvgIpc) is 3.27. The zero-order valence-corrected chi connectivity index (χ0v) is 39.5. The highest BCUT2D eigenvalue weighted by molar-refractivity contribution is 5.79. The van der Waals surface area contributed by atoms with Crippen LogP contribution in [0.25, 0.3) is 0 Å². The molecule has 3 aliphatic heterocycles. The molecule has 11 N–H and O–H groups in total. The van der Waals surface area contributed by atoms with E-state index in [1.54, 1.807) is 0 Å². The van der Waals surface area contributed by atoms with Crippen LogP contribution in [-0.4, -0.2) is 180 Å². The van der Waals surface area contributed by atoms with Gasteiger partial charge in [-0.25, -0.2) is 0 Å². The molecule has 0 aromatic rings. The van der Waals surface area contributed by atoms with E-state index in [9.17, 15) is 61.0 Å². The normalized spacial score (nSPS) is 53.3. The SMILES string of the molecule is CC1(C)CC[C@@]2(C(=O)O[C@H]3O[C@@H](CO)[C@H](O)[C@@H](O)[C@@H]3O)CC[C@@]3(C)C(=CC[C@@H]4[C@]5(C)CC[C@H](O[C@@H]6O[C@H](CO)[C@@H](O[C@@H]7O[C@H](CO)[C@H](O)[C@H](O)[C@@H]7O)[C@H](O)[C@@H]6O)C(C)(C)[C@@H]5CC[C@@]43C)[C@@H]2C1. The van der Waals surface area contributed by atoms with Crippen molar-refractivity contribution in [2.45, 2.75) is 211 Å². The molecule has 0 bridgehead atoms. The highest BCUT2D eigenvalue weighted by Gasteiger charge is 2.70. The van der Waals surface area contributed by atoms with Crippen molar-refractivity contribution in [2.75, 3.05) is 19.8 Å². The molecular formula is C48H78O18. The molecule has 0 aromatic heterocycles. The molecule has 0 amide bonds. The summed E-state index contributed by atoms with van der Waals surface area (Å²) in [7, 11) is 0. The van der Waals surface area contributed by atoms with E-state index >= 15 is 0 Å². The highest BCUT2D eigenvalue weighted by atomic mass is 16.7. The Morgan fingerprint density at radius 2 is 1.15 bits per heavy atom. The minimum atomic E-state index is -1.77. The van der Waals surface area contributed by atoms with Crippen LogP contribution in [-0.2, 0) is 33.2 Å². The zero-order chi connectivity index (χ0) is 48.3. The molecule has 0 radical (unpaired) electrons. The predicted octanol–water partition coefficient (Wildman–Crippen LogP) is 0.141. The molecule has 3 saturated heterocycles. The third-order valence-electron chi connectivity index (χ3n) is 19.3. The van der Waals surface area contributed by atoms with Crippen LogP contribution in [0.5, 0.6) is 0 Å². The van der Waals surface area contributed by atoms with Crippen molar-refractivity contribution in [3.63, 3.8) is 0 Å². The maximum absolute atomic E-state index is 14.7. The Balaban J connectivity index is 0.998. The van der Waals surface area contributed by atoms with Crippen molar-refractivity contribution < 1.29 is 89.4 Å². The summed E-state index contributed by atoms with van der Waals surface area (Å²) in [5.41, 5.74) is -0.613. The molecule has 0 spiro atoms. The molecule has 18 nitrogen and oxygen atoms in total. The Hall–Kier alpha value is -1.43. The largest absolute Gasteiger partial charge is 0.432 e. The third kappa shape index (κ3) is 7.87. The van der Waals surface area contributed by atoms with Crippen LogP contribution in [0.4, 0.5) is 0 Å². The summed E-state index contributed by atoms with van der Waals surface area (Å²) in [6.07, 6.45) is -13.5. The van der Waals surface area contributed by atoms with Crippen molar-refractivity contribution >= 4 is 5.97 Å². The van der Waals surface area contributed by atoms with Crippen LogP contribution in [0.2, 0.25) is 0 Å². The molecule has 378 valence electrons. The topological polar surface area (TPSA) is 295 Å². The number of ether oxygens (including phenoxy) is 6. The van der Waals surface area contributed by atoms with Gasteiger partial charge >= 0.3 is 5.97 Å². The van der Waals surface area contributed by atoms with E-state index in [4.69, 9.17) is 28.4 Å². The quantitative estimate of drug-likeness (QED) is 0.0833. The lowest BCUT2D eigenvalue weighted by molar-refractivity contribution is -0.368. The van der Waals surface area contributed by atoms with E-state index < -0.39 is 135 Å². The first-order chi connectivity index (χ1) is 30.9. The van der Waals surface area contributed by atoms with Crippen molar-refractivity contribution in [3.8, 4) is 0 Å². The van der Waals surface area contributed by atoms with Crippen LogP contribution >= 0.6 is 0 Å². The lowest BCUT2D eigenvalue weighted by Crippen LogP contribution is -2.67. The van der Waals surface area contributed by atoms with E-state index in [-0.39, 0.29) is 39.4 Å². The predicted molar refractivity (Wildman–Crippen MR) is 230 cm³/mol. The van der Waals surface area contributed by atoms with Gasteiger partial charge < -0.3 is 84.6 Å². The minimum absolute atomic E-state index is 0.0540. The van der Waals surface area contributed by atoms with Gasteiger partial charge in [-0.2, -0.15) is 0 Å². The molecule has 0 aromatic carbocycles. The summed E-state index contributed by atoms with van der Waals surface area (Å²) in [5, 5.41) is 115. The lowest BCUT2D eigenvalue weighted by atomic mass is 9.33. The van der Waals surface area contributed by atoms with E-state index in [2.05, 4.69) is 54.5 Å². The van der Waals surface area contributed by atoms with Crippen LogP contribution in [0.3, 0.4) is 0 Å². The van der Waals surface area contributed by atoms with Crippen molar-refractivity contribution in [3.05, 3.63) is 11.6 Å². The Morgan fingerprint density at radius 3 is 1.77 bits per heavy atom. The molecule has 4 saturated carbocycles. The van der Waals surface area contributed by atoms with Crippen LogP contribution in [0.1, 0.15) is 113 Å². The molecule has 18 heteroatoms. The molecule has 7 fully saturated rings. The summed E-state index contributed by atoms with van der Waals surface area (Å²) in [6.45, 7) is 14.1. The number of esters is 1. The number of hydrogen-bond acceptors (Lipinski definition) is 18. The molecule has 3 heterocycles. The van der Waals surface area contributed by atoms with Gasteiger partial charge in [-0.1, -0.05) is 60.1 Å². The number of allylic oxidation sites excluding steroid dienone is 2. The van der Waals surface area contributed by atoms with Crippen LogP contribution < -0.4 is 0 Å². The second-order valence-corrected chi connectivity index (χ2v) is 23.5. The molecule has 0 unspecified atom stereocenters. The highest BCUT2D eigenvalue weighted by Crippen LogP contribution is 2.76. The van der Waals surface area contributed by atoms with Gasteiger partial charge in [0.1, 0.15) is 73.2 Å². The Labute approximate surface area is 387 Å². The molecule has 23 atom stereocenters. The molecule has 8 rings (SSSR count). The standard InChI is InChI=1S/C48H78O18/c1-43(2)14-16-48(42(60)66-41-36(58)33(55)31(53)25(20-50)62-41)17-15-46(6)22(23(48)18-43)8-9-28-45(5)12-11-29(44(3,4)27(45)10-13-47(28,46)7)64-39-37(59)34(56)38(26(21-51)63-39)65-40-35(57)32(54)30(52)24(19-49)61-40/h8,23-41,49-59H,9-21H2,1-7H3/t23-,24+,25-,26+,27-,28+,29-,30-,31-,32-,33+,34+,35-,36-,37-,38+,39-,40-,41+,45+,46-,47-,48+/m0/s1. The number of fused-ring (bicyclic) bond motifs is 7. The molecular weight excluding hydrogens is 865 g/mol. The number of rotatable bonds is 9. The van der Waals surface area contributed by atoms with Crippen molar-refractivity contribution in [2.24, 2.45) is 50.2 Å². The summed E-state index contributed by atoms with van der Waals surface area (Å²) in [5.74, 6) is -0.157. The average molecular weight is 943 g/mol. The van der Waals surface area contributed by atoms with Gasteiger partial charge in [-0.15, -0.1) is 0 Å². The fourth-order valence-electron chi connectivity index (χ4n) is 15.0. The summed E-state index contributed by atoms with van der Waals surface area (Å²) in [4.78, 5) is 14.7. The zero-order valence-electron chi connectivity index (χ0n) is 39.5. The van der Waals surface area contributed by atoms with Crippen LogP contribution in [0, 0.1) is 50.2 Å². The number of carbonyl (C=O) groups is 1. The van der Waals surface area contributed by atoms with Gasteiger partial charge in [0.05, 0.1) is 31.3 Å². The van der Waals surface area contributed by atoms with Crippen molar-refractivity contribution in [1.29, 1.82) is 0 Å². The summed E-state index contributed by atoms with van der Waals surface area (Å²) < 4.78 is 35.6. The lowest BCUT2D eigenvalue weighted by Gasteiger charge is -2.71. The molecule has 5 aliphatic carbocycles. The first-order valence-electron chi connectivity index (χ1n) is 24.3. The molecule has 66 heavy (non-hydrogen) atoms. The Kier molecular flexibility index (Phi) is 13.9. The fourth-order valence-corrected chi connectivity index (χ4v) is 15.0. The number of hydrogen-bond donors (Lipinski definition) is 11. The van der Waals surface area contributed by atoms with E-state index in [1.165, 1.54) is 5.57 Å². The summed E-state index contributed by atoms with van der Waals surface area (Å²) >= 11 is 0. The second-order valence-electron chi connectivity index (χ2n) is 23.5. The Bertz CT molecular complexity index is 1790. The maximum Gasteiger partial charge on any atom is 0.315 e. The Morgan fingerprint density at radius 1 is 0.606 bits per heavy atom. The summed E-state index contributed by atoms with van der Waals surface area (Å²) in [6, 6.07) is 0. The maximum atomic E-state index is 14.7. The fraction of sp³-hybridized carbons (Fsp3) is 0.938. The van der Waals surface area contributed by atoms with Gasteiger partial charge in [0, 0.05) is 0 Å². The smallest absolute Gasteiger partial charge is 0.315 e. The first-order valence-corrected chi connectivity index (χ1v) is 24.3. The van der Waals surface area contributed by atoms with Crippen molar-refractivity contribution in [1.82, 2.24) is 0 Å². The number of aliphatic hydroxyl groups excluding tert-OH is 11. The van der Waals surface area contributed by atoms with E-state index in [0.717, 1.165) is 44.9 Å². The third-order valence-corrected chi connectivity index (χ3v) is 19.3. The number of carbonyl (C=O) groups excluding carboxylic acids is 1. The van der Waals surface area contributed by atoms with Gasteiger partial charge in [-0.3, -0.25) is 4.79 Å². The number of aliphatic hydroxyl groups is 11. The molecule has 8 aliphatic rings. The van der Waals surface area contributed by atoms with Gasteiger partial charge in [0.2, 0.25) is 6.29 Å². The van der Waals surface area contributed by atoms with E-state index in [1.807, 2.05) is 0 Å². The van der Waals surface area contributed by atoms with Gasteiger partial charge in [-0.05, 0) is 109 Å². The monoisotopic (exact) mass is 943 g/mol. The van der Waals surface area contributed by atoms with E-state index in [0.29, 0.717) is 19.3 Å². The van der Waals surface area contributed by atoms with Gasteiger partial charge in [0.25, 0.3) is 0 Å². The minimum Gasteiger partial charge on any atom is -0.432 e. The first kappa shape index (κ1) is 50.9. The van der Waals surface area contributed by atoms with Gasteiger partial charge in [0.15, 0.2) is 12.6 Å². The van der Waals surface area contributed by atoms with Crippen LogP contribution in [0.15, 0.2) is 11.6 Å².